The molecule has 1 aliphatic rings. The number of pyridine rings is 1. The summed E-state index contributed by atoms with van der Waals surface area (Å²) < 4.78 is 5.94. The van der Waals surface area contributed by atoms with Crippen molar-refractivity contribution < 1.29 is 4.74 Å². The van der Waals surface area contributed by atoms with Gasteiger partial charge in [-0.3, -0.25) is 0 Å². The second-order valence-corrected chi connectivity index (χ2v) is 6.07. The molecule has 136 valence electrons. The average molecular weight is 353 g/mol. The van der Waals surface area contributed by atoms with E-state index in [2.05, 4.69) is 43.9 Å². The van der Waals surface area contributed by atoms with Crippen LogP contribution in [0.2, 0.25) is 0 Å². The van der Waals surface area contributed by atoms with Gasteiger partial charge in [0.15, 0.2) is 11.4 Å². The van der Waals surface area contributed by atoms with E-state index in [0.717, 1.165) is 50.4 Å². The first-order valence-electron chi connectivity index (χ1n) is 8.89. The number of nitrogens with zero attached hydrogens (tertiary/aromatic N) is 4. The van der Waals surface area contributed by atoms with Gasteiger partial charge in [0, 0.05) is 6.54 Å². The van der Waals surface area contributed by atoms with Crippen molar-refractivity contribution in [1.82, 2.24) is 20.3 Å². The van der Waals surface area contributed by atoms with E-state index < -0.39 is 0 Å². The minimum Gasteiger partial charge on any atom is -0.473 e. The molecule has 0 atom stereocenters. The predicted octanol–water partition coefficient (Wildman–Crippen LogP) is 2.44. The summed E-state index contributed by atoms with van der Waals surface area (Å²) >= 11 is 0. The van der Waals surface area contributed by atoms with Crippen LogP contribution in [0, 0.1) is 11.3 Å². The second kappa shape index (κ2) is 8.97. The normalized spacial score (nSPS) is 14.5. The number of aromatic nitrogens is 3. The Bertz CT molecular complexity index is 751. The summed E-state index contributed by atoms with van der Waals surface area (Å²) in [5, 5.41) is 19.2. The molecular weight excluding hydrogens is 330 g/mol. The molecule has 1 aliphatic heterocycles. The predicted molar refractivity (Wildman–Crippen MR) is 99.6 cm³/mol. The highest BCUT2D eigenvalue weighted by Crippen LogP contribution is 2.26. The van der Waals surface area contributed by atoms with E-state index in [0.29, 0.717) is 17.3 Å². The van der Waals surface area contributed by atoms with Crippen LogP contribution >= 0.6 is 0 Å². The molecule has 0 unspecified atom stereocenters. The minimum atomic E-state index is 0.0664. The molecule has 0 aliphatic carbocycles. The van der Waals surface area contributed by atoms with Crippen LogP contribution in [-0.2, 0) is 0 Å². The monoisotopic (exact) mass is 353 g/mol. The van der Waals surface area contributed by atoms with Gasteiger partial charge in [0.05, 0.1) is 11.9 Å². The third kappa shape index (κ3) is 4.58. The summed E-state index contributed by atoms with van der Waals surface area (Å²) in [6.07, 6.45) is 6.01. The maximum Gasteiger partial charge on any atom is 0.237 e. The van der Waals surface area contributed by atoms with Crippen molar-refractivity contribution in [3.63, 3.8) is 0 Å². The van der Waals surface area contributed by atoms with E-state index in [1.54, 1.807) is 6.20 Å². The number of anilines is 3. The van der Waals surface area contributed by atoms with E-state index in [9.17, 15) is 5.26 Å². The minimum absolute atomic E-state index is 0.0664. The molecule has 0 spiro atoms. The van der Waals surface area contributed by atoms with Crippen LogP contribution in [0.25, 0.3) is 0 Å². The molecule has 1 saturated heterocycles. The number of hydrogen-bond acceptors (Lipinski definition) is 8. The van der Waals surface area contributed by atoms with Crippen molar-refractivity contribution in [2.24, 2.45) is 0 Å². The SMILES string of the molecule is CCCNc1ccc(Nc2ncnc(OC3CCNCC3)c2C#N)cn1. The molecule has 0 bridgehead atoms. The van der Waals surface area contributed by atoms with Gasteiger partial charge in [-0.05, 0) is 44.5 Å². The van der Waals surface area contributed by atoms with Gasteiger partial charge in [-0.1, -0.05) is 6.92 Å². The molecule has 2 aromatic rings. The van der Waals surface area contributed by atoms with E-state index in [1.807, 2.05) is 12.1 Å². The van der Waals surface area contributed by atoms with E-state index >= 15 is 0 Å². The van der Waals surface area contributed by atoms with Gasteiger partial charge in [-0.25, -0.2) is 15.0 Å². The van der Waals surface area contributed by atoms with Crippen LogP contribution < -0.4 is 20.7 Å². The van der Waals surface area contributed by atoms with Gasteiger partial charge in [0.2, 0.25) is 5.88 Å². The second-order valence-electron chi connectivity index (χ2n) is 6.07. The molecule has 8 nitrogen and oxygen atoms in total. The summed E-state index contributed by atoms with van der Waals surface area (Å²) in [5.74, 6) is 1.56. The fourth-order valence-corrected chi connectivity index (χ4v) is 2.69. The van der Waals surface area contributed by atoms with Crippen LogP contribution in [0.4, 0.5) is 17.3 Å². The van der Waals surface area contributed by atoms with E-state index in [-0.39, 0.29) is 6.10 Å². The standard InChI is InChI=1S/C18H23N7O/c1-2-7-21-16-4-3-13(11-22-16)25-17-15(10-19)18(24-12-23-17)26-14-5-8-20-9-6-14/h3-4,11-12,14,20H,2,5-9H2,1H3,(H,21,22)(H,23,24,25). The Morgan fingerprint density at radius 1 is 1.27 bits per heavy atom. The molecule has 3 heterocycles. The van der Waals surface area contributed by atoms with Gasteiger partial charge in [0.25, 0.3) is 0 Å². The first-order chi connectivity index (χ1) is 12.8. The van der Waals surface area contributed by atoms with Gasteiger partial charge >= 0.3 is 0 Å². The van der Waals surface area contributed by atoms with Gasteiger partial charge < -0.3 is 20.7 Å². The zero-order valence-corrected chi connectivity index (χ0v) is 14.8. The molecule has 26 heavy (non-hydrogen) atoms. The lowest BCUT2D eigenvalue weighted by molar-refractivity contribution is 0.155. The molecule has 0 aromatic carbocycles. The average Bonchev–Trinajstić information content (AvgIpc) is 2.68. The summed E-state index contributed by atoms with van der Waals surface area (Å²) in [6, 6.07) is 5.93. The maximum atomic E-state index is 9.56. The molecule has 0 radical (unpaired) electrons. The third-order valence-corrected chi connectivity index (χ3v) is 4.07. The van der Waals surface area contributed by atoms with Crippen LogP contribution in [0.3, 0.4) is 0 Å². The zero-order chi connectivity index (χ0) is 18.2. The summed E-state index contributed by atoms with van der Waals surface area (Å²) in [5.41, 5.74) is 1.05. The summed E-state index contributed by atoms with van der Waals surface area (Å²) in [6.45, 7) is 4.80. The quantitative estimate of drug-likeness (QED) is 0.696. The third-order valence-electron chi connectivity index (χ3n) is 4.07. The first-order valence-corrected chi connectivity index (χ1v) is 8.89. The first kappa shape index (κ1) is 17.9. The Morgan fingerprint density at radius 2 is 2.12 bits per heavy atom. The molecule has 3 rings (SSSR count). The molecule has 3 N–H and O–H groups in total. The lowest BCUT2D eigenvalue weighted by atomic mass is 10.1. The number of hydrogen-bond donors (Lipinski definition) is 3. The smallest absolute Gasteiger partial charge is 0.237 e. The lowest BCUT2D eigenvalue weighted by Crippen LogP contribution is -2.34. The van der Waals surface area contributed by atoms with Crippen LogP contribution in [0.1, 0.15) is 31.7 Å². The van der Waals surface area contributed by atoms with Crippen molar-refractivity contribution >= 4 is 17.3 Å². The van der Waals surface area contributed by atoms with Crippen molar-refractivity contribution in [1.29, 1.82) is 5.26 Å². The summed E-state index contributed by atoms with van der Waals surface area (Å²) in [4.78, 5) is 12.7. The molecule has 8 heteroatoms. The van der Waals surface area contributed by atoms with Gasteiger partial charge in [-0.15, -0.1) is 0 Å². The Labute approximate surface area is 153 Å². The topological polar surface area (TPSA) is 108 Å². The van der Waals surface area contributed by atoms with E-state index in [1.165, 1.54) is 6.33 Å². The fourth-order valence-electron chi connectivity index (χ4n) is 2.69. The lowest BCUT2D eigenvalue weighted by Gasteiger charge is -2.23. The highest BCUT2D eigenvalue weighted by atomic mass is 16.5. The highest BCUT2D eigenvalue weighted by Gasteiger charge is 2.19. The fraction of sp³-hybridized carbons (Fsp3) is 0.444. The molecular formula is C18H23N7O. The largest absolute Gasteiger partial charge is 0.473 e. The highest BCUT2D eigenvalue weighted by molar-refractivity contribution is 5.65. The zero-order valence-electron chi connectivity index (χ0n) is 14.8. The molecule has 0 saturated carbocycles. The van der Waals surface area contributed by atoms with Gasteiger partial charge in [0.1, 0.15) is 24.3 Å². The Kier molecular flexibility index (Phi) is 6.17. The van der Waals surface area contributed by atoms with Crippen LogP contribution in [0.15, 0.2) is 24.7 Å². The van der Waals surface area contributed by atoms with Crippen molar-refractivity contribution in [3.8, 4) is 11.9 Å². The van der Waals surface area contributed by atoms with Crippen LogP contribution in [0.5, 0.6) is 5.88 Å². The number of rotatable bonds is 7. The number of ether oxygens (including phenoxy) is 1. The molecule has 0 amide bonds. The Hall–Kier alpha value is -2.92. The Morgan fingerprint density at radius 3 is 2.81 bits per heavy atom. The number of piperidine rings is 1. The van der Waals surface area contributed by atoms with Gasteiger partial charge in [-0.2, -0.15) is 5.26 Å². The number of nitrogens with one attached hydrogen (secondary N) is 3. The van der Waals surface area contributed by atoms with Crippen molar-refractivity contribution in [2.75, 3.05) is 30.3 Å². The maximum absolute atomic E-state index is 9.56. The Balaban J connectivity index is 1.73. The number of nitriles is 1. The van der Waals surface area contributed by atoms with Crippen molar-refractivity contribution in [2.45, 2.75) is 32.3 Å². The molecule has 1 fully saturated rings. The van der Waals surface area contributed by atoms with E-state index in [4.69, 9.17) is 4.74 Å². The van der Waals surface area contributed by atoms with Crippen LogP contribution in [-0.4, -0.2) is 40.7 Å². The molecule has 2 aromatic heterocycles. The summed E-state index contributed by atoms with van der Waals surface area (Å²) in [7, 11) is 0. The van der Waals surface area contributed by atoms with Crippen molar-refractivity contribution in [3.05, 3.63) is 30.2 Å².